The molecule has 1 aliphatic rings. The van der Waals surface area contributed by atoms with E-state index in [4.69, 9.17) is 26.8 Å². The number of carboxylic acid groups (broad SMARTS) is 2. The highest BCUT2D eigenvalue weighted by Gasteiger charge is 2.52. The molecular formula is C22H26ClFN6O9S. The fourth-order valence-electron chi connectivity index (χ4n) is 4.00. The van der Waals surface area contributed by atoms with Gasteiger partial charge in [0.1, 0.15) is 17.7 Å². The van der Waals surface area contributed by atoms with E-state index in [1.165, 1.54) is 24.3 Å². The number of rotatable bonds is 10. The lowest BCUT2D eigenvalue weighted by atomic mass is 9.94. The predicted molar refractivity (Wildman–Crippen MR) is 139 cm³/mol. The first-order chi connectivity index (χ1) is 18.2. The number of alkyl halides is 1. The van der Waals surface area contributed by atoms with Gasteiger partial charge in [-0.3, -0.25) is 9.29 Å². The van der Waals surface area contributed by atoms with Gasteiger partial charge in [-0.1, -0.05) is 19.6 Å². The average Bonchev–Trinajstić information content (AvgIpc) is 3.37. The fourth-order valence-corrected chi connectivity index (χ4v) is 4.73. The van der Waals surface area contributed by atoms with Crippen molar-refractivity contribution in [3.05, 3.63) is 41.4 Å². The van der Waals surface area contributed by atoms with Gasteiger partial charge in [0.05, 0.1) is 19.2 Å². The number of ether oxygens (including phenoxy) is 2. The van der Waals surface area contributed by atoms with Crippen LogP contribution in [0.25, 0.3) is 11.2 Å². The molecule has 0 radical (unpaired) electrons. The highest BCUT2D eigenvalue weighted by Crippen LogP contribution is 2.35. The van der Waals surface area contributed by atoms with E-state index in [2.05, 4.69) is 19.7 Å². The van der Waals surface area contributed by atoms with Crippen LogP contribution in [0.1, 0.15) is 19.2 Å². The summed E-state index contributed by atoms with van der Waals surface area (Å²) >= 11 is 5.83. The van der Waals surface area contributed by atoms with Crippen molar-refractivity contribution >= 4 is 56.2 Å². The zero-order valence-corrected chi connectivity index (χ0v) is 21.5. The van der Waals surface area contributed by atoms with Crippen LogP contribution < -0.4 is 10.5 Å². The molecule has 0 unspecified atom stereocenters. The van der Waals surface area contributed by atoms with E-state index >= 15 is 4.39 Å². The molecule has 0 bridgehead atoms. The maximum Gasteiger partial charge on any atom is 0.348 e. The van der Waals surface area contributed by atoms with Crippen molar-refractivity contribution in [2.24, 2.45) is 0 Å². The van der Waals surface area contributed by atoms with E-state index < -0.39 is 65.2 Å². The number of carboxylic acids is 2. The summed E-state index contributed by atoms with van der Waals surface area (Å²) in [7, 11) is -3.57. The van der Waals surface area contributed by atoms with Gasteiger partial charge in [-0.05, 0) is 29.3 Å². The third-order valence-corrected chi connectivity index (χ3v) is 6.66. The van der Waals surface area contributed by atoms with Crippen molar-refractivity contribution < 1.29 is 47.2 Å². The number of nitrogens with one attached hydrogen (secondary N) is 1. The number of nitrogen functional groups attached to an aromatic ring is 1. The average molecular weight is 605 g/mol. The van der Waals surface area contributed by atoms with E-state index in [-0.39, 0.29) is 40.9 Å². The zero-order valence-electron chi connectivity index (χ0n) is 19.9. The van der Waals surface area contributed by atoms with Gasteiger partial charge in [0.15, 0.2) is 23.9 Å². The van der Waals surface area contributed by atoms with Crippen molar-refractivity contribution in [3.63, 3.8) is 0 Å². The highest BCUT2D eigenvalue weighted by molar-refractivity contribution is 7.92. The molecule has 4 atom stereocenters. The number of anilines is 2. The van der Waals surface area contributed by atoms with Gasteiger partial charge >= 0.3 is 11.9 Å². The summed E-state index contributed by atoms with van der Waals surface area (Å²) in [6.07, 6.45) is -5.54. The summed E-state index contributed by atoms with van der Waals surface area (Å²) in [4.78, 5) is 35.9. The Morgan fingerprint density at radius 3 is 2.45 bits per heavy atom. The standard InChI is InChI=1S/C21H22ClFN6O9S.CH4/c1-39(35,36)28-10-4-2-9(3-5-10)6-21(18(31)32,19(33)34)37-7-11-14(30)12(23)17(38-11)29-8-25-13-15(24)26-20(22)27-16(13)29;/h2-5,8,11-12,14,17,28,30H,6-7H2,1H3,(H,31,32)(H,33,34)(H2,24,26,27);1H4/t11-,12+,14-,17-;/m1./s1. The molecule has 4 rings (SSSR count). The Kier molecular flexibility index (Phi) is 8.85. The second-order valence-corrected chi connectivity index (χ2v) is 10.8. The highest BCUT2D eigenvalue weighted by atomic mass is 35.5. The van der Waals surface area contributed by atoms with Crippen LogP contribution >= 0.6 is 11.6 Å². The van der Waals surface area contributed by atoms with Gasteiger partial charge < -0.3 is 30.5 Å². The molecule has 1 fully saturated rings. The zero-order chi connectivity index (χ0) is 28.7. The molecule has 0 saturated carbocycles. The summed E-state index contributed by atoms with van der Waals surface area (Å²) in [5, 5.41) is 29.8. The molecule has 0 aliphatic carbocycles. The molecule has 0 spiro atoms. The number of benzene rings is 1. The van der Waals surface area contributed by atoms with Crippen molar-refractivity contribution in [1.82, 2.24) is 19.5 Å². The largest absolute Gasteiger partial charge is 0.479 e. The minimum absolute atomic E-state index is 0. The van der Waals surface area contributed by atoms with Crippen molar-refractivity contribution in [1.29, 1.82) is 0 Å². The molecule has 3 aromatic rings. The molecule has 18 heteroatoms. The number of aliphatic carboxylic acids is 2. The predicted octanol–water partition coefficient (Wildman–Crippen LogP) is 0.833. The quantitative estimate of drug-likeness (QED) is 0.160. The first kappa shape index (κ1) is 30.9. The van der Waals surface area contributed by atoms with Crippen LogP contribution in [0.15, 0.2) is 30.6 Å². The number of hydrogen-bond donors (Lipinski definition) is 5. The van der Waals surface area contributed by atoms with E-state index in [1.54, 1.807) is 0 Å². The lowest BCUT2D eigenvalue weighted by molar-refractivity contribution is -0.190. The minimum atomic E-state index is -3.57. The Labute approximate surface area is 231 Å². The van der Waals surface area contributed by atoms with Crippen LogP contribution in [0.4, 0.5) is 15.9 Å². The lowest BCUT2D eigenvalue weighted by Crippen LogP contribution is -2.52. The molecule has 40 heavy (non-hydrogen) atoms. The maximum absolute atomic E-state index is 15.1. The van der Waals surface area contributed by atoms with E-state index in [1.807, 2.05) is 0 Å². The number of aliphatic hydroxyl groups is 1. The van der Waals surface area contributed by atoms with Gasteiger partial charge in [0.2, 0.25) is 15.3 Å². The Morgan fingerprint density at radius 2 is 1.88 bits per heavy atom. The van der Waals surface area contributed by atoms with Crippen LogP contribution in [0, 0.1) is 0 Å². The van der Waals surface area contributed by atoms with E-state index in [0.29, 0.717) is 0 Å². The molecule has 1 saturated heterocycles. The van der Waals surface area contributed by atoms with Crippen LogP contribution in [0.3, 0.4) is 0 Å². The second kappa shape index (κ2) is 11.5. The molecule has 6 N–H and O–H groups in total. The molecule has 218 valence electrons. The van der Waals surface area contributed by atoms with Gasteiger partial charge in [0.25, 0.3) is 5.60 Å². The molecule has 1 aromatic carbocycles. The SMILES string of the molecule is C.CS(=O)(=O)Nc1ccc(CC(OC[C@H]2O[C@@H](n3cnc4c(N)nc(Cl)nc43)[C@@H](F)[C@@H]2O)(C(=O)O)C(=O)O)cc1. The first-order valence-corrected chi connectivity index (χ1v) is 13.3. The second-order valence-electron chi connectivity index (χ2n) is 8.70. The number of hydrogen-bond acceptors (Lipinski definition) is 11. The molecule has 15 nitrogen and oxygen atoms in total. The maximum atomic E-state index is 15.1. The molecule has 0 amide bonds. The fraction of sp³-hybridized carbons (Fsp3) is 0.409. The van der Waals surface area contributed by atoms with Gasteiger partial charge in [-0.15, -0.1) is 0 Å². The van der Waals surface area contributed by atoms with Crippen LogP contribution in [0.5, 0.6) is 0 Å². The number of nitrogens with two attached hydrogens (primary N) is 1. The Morgan fingerprint density at radius 1 is 1.25 bits per heavy atom. The summed E-state index contributed by atoms with van der Waals surface area (Å²) in [6.45, 7) is -0.824. The van der Waals surface area contributed by atoms with Crippen molar-refractivity contribution in [2.45, 2.75) is 44.1 Å². The summed E-state index contributed by atoms with van der Waals surface area (Å²) in [5.74, 6) is -3.81. The van der Waals surface area contributed by atoms with Gasteiger partial charge in [-0.2, -0.15) is 9.97 Å². The minimum Gasteiger partial charge on any atom is -0.479 e. The molecular weight excluding hydrogens is 579 g/mol. The first-order valence-electron chi connectivity index (χ1n) is 11.0. The smallest absolute Gasteiger partial charge is 0.348 e. The van der Waals surface area contributed by atoms with Crippen molar-refractivity contribution in [2.75, 3.05) is 23.3 Å². The van der Waals surface area contributed by atoms with E-state index in [9.17, 15) is 33.3 Å². The Bertz CT molecular complexity index is 1510. The third kappa shape index (κ3) is 6.07. The summed E-state index contributed by atoms with van der Waals surface area (Å²) in [5.41, 5.74) is 3.34. The number of nitrogens with zero attached hydrogens (tertiary/aromatic N) is 4. The van der Waals surface area contributed by atoms with Crippen LogP contribution in [-0.4, -0.2) is 92.0 Å². The van der Waals surface area contributed by atoms with Crippen molar-refractivity contribution in [3.8, 4) is 0 Å². The molecule has 2 aromatic heterocycles. The lowest BCUT2D eigenvalue weighted by Gasteiger charge is -2.27. The number of aliphatic hydroxyl groups excluding tert-OH is 1. The summed E-state index contributed by atoms with van der Waals surface area (Å²) < 4.78 is 52.1. The monoisotopic (exact) mass is 604 g/mol. The number of carbonyl (C=O) groups is 2. The Balaban J connectivity index is 0.00000441. The topological polar surface area (TPSA) is 229 Å². The number of sulfonamides is 1. The van der Waals surface area contributed by atoms with E-state index in [0.717, 1.165) is 17.2 Å². The van der Waals surface area contributed by atoms with Crippen LogP contribution in [0.2, 0.25) is 5.28 Å². The molecule has 1 aliphatic heterocycles. The normalized spacial score (nSPS) is 21.2. The number of imidazole rings is 1. The summed E-state index contributed by atoms with van der Waals surface area (Å²) in [6, 6.07) is 5.25. The third-order valence-electron chi connectivity index (χ3n) is 5.88. The van der Waals surface area contributed by atoms with Gasteiger partial charge in [0, 0.05) is 12.1 Å². The number of halogens is 2. The molecule has 3 heterocycles. The van der Waals surface area contributed by atoms with Gasteiger partial charge in [-0.25, -0.2) is 27.4 Å². The Hall–Kier alpha value is -3.64. The number of aromatic nitrogens is 4. The number of fused-ring (bicyclic) bond motifs is 1. The van der Waals surface area contributed by atoms with Crippen LogP contribution in [-0.2, 0) is 35.5 Å².